The molecule has 0 aromatic carbocycles. The molecule has 0 bridgehead atoms. The Kier molecular flexibility index (Phi) is 11.8. The molecule has 2 aliphatic heterocycles. The fraction of sp³-hybridized carbons (Fsp3) is 0.947. The summed E-state index contributed by atoms with van der Waals surface area (Å²) in [7, 11) is 1.92. The minimum absolute atomic E-state index is 0. The number of guanidine groups is 1. The number of nitrogens with zero attached hydrogens (tertiary/aromatic N) is 4. The van der Waals surface area contributed by atoms with Gasteiger partial charge in [-0.05, 0) is 18.4 Å². The van der Waals surface area contributed by atoms with Crippen LogP contribution in [0.3, 0.4) is 0 Å². The van der Waals surface area contributed by atoms with Gasteiger partial charge in [0, 0.05) is 70.4 Å². The standard InChI is InChI=1S/C19H39N5S.HI/c1-6-22-7-9-23(10-8-22)14-17(4)13-21-19(20-5)24-11-12-25-18(15-24)16(2)3;/h16-18H,6-15H2,1-5H3,(H,20,21);1H. The summed E-state index contributed by atoms with van der Waals surface area (Å²) in [5.74, 6) is 3.67. The van der Waals surface area contributed by atoms with Crippen LogP contribution in [0.15, 0.2) is 4.99 Å². The summed E-state index contributed by atoms with van der Waals surface area (Å²) in [5.41, 5.74) is 0. The predicted octanol–water partition coefficient (Wildman–Crippen LogP) is 2.53. The van der Waals surface area contributed by atoms with Gasteiger partial charge in [-0.25, -0.2) is 0 Å². The second-order valence-corrected chi connectivity index (χ2v) is 9.21. The van der Waals surface area contributed by atoms with E-state index in [1.54, 1.807) is 0 Å². The van der Waals surface area contributed by atoms with Crippen LogP contribution in [0, 0.1) is 11.8 Å². The van der Waals surface area contributed by atoms with Crippen molar-refractivity contribution in [3.05, 3.63) is 0 Å². The number of halogens is 1. The van der Waals surface area contributed by atoms with Crippen molar-refractivity contribution in [2.45, 2.75) is 32.9 Å². The highest BCUT2D eigenvalue weighted by Gasteiger charge is 2.25. The zero-order valence-electron chi connectivity index (χ0n) is 17.4. The molecule has 2 rings (SSSR count). The Morgan fingerprint density at radius 3 is 2.35 bits per heavy atom. The SMILES string of the molecule is CCN1CCN(CC(C)CNC(=NC)N2CCSC(C(C)C)C2)CC1.I. The van der Waals surface area contributed by atoms with Gasteiger partial charge in [0.2, 0.25) is 0 Å². The molecule has 26 heavy (non-hydrogen) atoms. The van der Waals surface area contributed by atoms with Crippen LogP contribution in [0.5, 0.6) is 0 Å². The minimum Gasteiger partial charge on any atom is -0.356 e. The molecule has 2 saturated heterocycles. The molecule has 0 aromatic rings. The smallest absolute Gasteiger partial charge is 0.193 e. The normalized spacial score (nSPS) is 24.5. The van der Waals surface area contributed by atoms with Gasteiger partial charge in [0.25, 0.3) is 0 Å². The summed E-state index contributed by atoms with van der Waals surface area (Å²) in [5, 5.41) is 4.36. The van der Waals surface area contributed by atoms with Crippen LogP contribution in [-0.2, 0) is 0 Å². The Bertz CT molecular complexity index is 413. The lowest BCUT2D eigenvalue weighted by Gasteiger charge is -2.37. The molecular weight excluding hydrogens is 457 g/mol. The van der Waals surface area contributed by atoms with Gasteiger partial charge in [0.05, 0.1) is 0 Å². The van der Waals surface area contributed by atoms with Gasteiger partial charge in [-0.1, -0.05) is 27.7 Å². The second kappa shape index (κ2) is 12.7. The second-order valence-electron chi connectivity index (χ2n) is 7.87. The third-order valence-corrected chi connectivity index (χ3v) is 6.98. The lowest BCUT2D eigenvalue weighted by Crippen LogP contribution is -2.51. The van der Waals surface area contributed by atoms with Gasteiger partial charge in [-0.3, -0.25) is 4.99 Å². The zero-order valence-corrected chi connectivity index (χ0v) is 20.6. The quantitative estimate of drug-likeness (QED) is 0.347. The van der Waals surface area contributed by atoms with E-state index < -0.39 is 0 Å². The van der Waals surface area contributed by atoms with Crippen molar-refractivity contribution in [3.63, 3.8) is 0 Å². The highest BCUT2D eigenvalue weighted by atomic mass is 127. The maximum atomic E-state index is 4.55. The molecule has 2 heterocycles. The molecule has 2 atom stereocenters. The van der Waals surface area contributed by atoms with Crippen molar-refractivity contribution in [1.29, 1.82) is 0 Å². The summed E-state index contributed by atoms with van der Waals surface area (Å²) in [6.07, 6.45) is 0. The number of hydrogen-bond donors (Lipinski definition) is 1. The molecule has 2 aliphatic rings. The third-order valence-electron chi connectivity index (χ3n) is 5.44. The van der Waals surface area contributed by atoms with Crippen LogP contribution in [-0.4, -0.2) is 97.6 Å². The fourth-order valence-electron chi connectivity index (χ4n) is 3.66. The highest BCUT2D eigenvalue weighted by molar-refractivity contribution is 14.0. The van der Waals surface area contributed by atoms with Crippen LogP contribution >= 0.6 is 35.7 Å². The van der Waals surface area contributed by atoms with E-state index in [2.05, 4.69) is 64.5 Å². The Balaban J connectivity index is 0.00000338. The summed E-state index contributed by atoms with van der Waals surface area (Å²) in [6.45, 7) is 19.8. The summed E-state index contributed by atoms with van der Waals surface area (Å²) in [6, 6.07) is 0. The molecule has 0 radical (unpaired) electrons. The van der Waals surface area contributed by atoms with Crippen LogP contribution in [0.1, 0.15) is 27.7 Å². The van der Waals surface area contributed by atoms with E-state index in [9.17, 15) is 0 Å². The molecule has 5 nitrogen and oxygen atoms in total. The van der Waals surface area contributed by atoms with E-state index in [-0.39, 0.29) is 24.0 Å². The van der Waals surface area contributed by atoms with Crippen LogP contribution < -0.4 is 5.32 Å². The van der Waals surface area contributed by atoms with Gasteiger partial charge in [-0.2, -0.15) is 11.8 Å². The first-order chi connectivity index (χ1) is 12.0. The largest absolute Gasteiger partial charge is 0.356 e. The summed E-state index contributed by atoms with van der Waals surface area (Å²) < 4.78 is 0. The maximum absolute atomic E-state index is 4.55. The van der Waals surface area contributed by atoms with Gasteiger partial charge in [0.15, 0.2) is 5.96 Å². The first-order valence-electron chi connectivity index (χ1n) is 10.0. The van der Waals surface area contributed by atoms with Crippen molar-refractivity contribution >= 4 is 41.7 Å². The Labute approximate surface area is 182 Å². The monoisotopic (exact) mass is 497 g/mol. The number of likely N-dealkylation sites (N-methyl/N-ethyl adjacent to an activating group) is 1. The predicted molar refractivity (Wildman–Crippen MR) is 127 cm³/mol. The minimum atomic E-state index is 0. The van der Waals surface area contributed by atoms with Gasteiger partial charge >= 0.3 is 0 Å². The molecule has 0 saturated carbocycles. The van der Waals surface area contributed by atoms with Crippen molar-refractivity contribution in [1.82, 2.24) is 20.0 Å². The first-order valence-corrected chi connectivity index (χ1v) is 11.1. The molecule has 0 aliphatic carbocycles. The Morgan fingerprint density at radius 1 is 1.12 bits per heavy atom. The number of thioether (sulfide) groups is 1. The molecule has 1 N–H and O–H groups in total. The Morgan fingerprint density at radius 2 is 1.77 bits per heavy atom. The first kappa shape index (κ1) is 24.3. The summed E-state index contributed by atoms with van der Waals surface area (Å²) >= 11 is 2.12. The van der Waals surface area contributed by atoms with E-state index >= 15 is 0 Å². The van der Waals surface area contributed by atoms with Crippen LogP contribution in [0.4, 0.5) is 0 Å². The van der Waals surface area contributed by atoms with Gasteiger partial charge < -0.3 is 20.0 Å². The number of nitrogens with one attached hydrogen (secondary N) is 1. The molecule has 7 heteroatoms. The lowest BCUT2D eigenvalue weighted by atomic mass is 10.1. The number of aliphatic imine (C=N–C) groups is 1. The van der Waals surface area contributed by atoms with Crippen molar-refractivity contribution in [3.8, 4) is 0 Å². The van der Waals surface area contributed by atoms with E-state index in [1.807, 2.05) is 7.05 Å². The number of rotatable bonds is 6. The molecule has 154 valence electrons. The van der Waals surface area contributed by atoms with E-state index in [1.165, 1.54) is 45.0 Å². The van der Waals surface area contributed by atoms with E-state index in [0.717, 1.165) is 36.8 Å². The number of piperazine rings is 1. The van der Waals surface area contributed by atoms with Crippen LogP contribution in [0.25, 0.3) is 0 Å². The molecular formula is C19H40IN5S. The zero-order chi connectivity index (χ0) is 18.2. The molecule has 0 spiro atoms. The average Bonchev–Trinajstić information content (AvgIpc) is 2.63. The molecule has 2 fully saturated rings. The number of hydrogen-bond acceptors (Lipinski definition) is 4. The van der Waals surface area contributed by atoms with Crippen molar-refractivity contribution in [2.24, 2.45) is 16.8 Å². The maximum Gasteiger partial charge on any atom is 0.193 e. The highest BCUT2D eigenvalue weighted by Crippen LogP contribution is 2.24. The molecule has 2 unspecified atom stereocenters. The molecule has 0 amide bonds. The van der Waals surface area contributed by atoms with E-state index in [4.69, 9.17) is 0 Å². The lowest BCUT2D eigenvalue weighted by molar-refractivity contribution is 0.124. The average molecular weight is 498 g/mol. The third kappa shape index (κ3) is 7.72. The topological polar surface area (TPSA) is 34.1 Å². The van der Waals surface area contributed by atoms with Gasteiger partial charge in [-0.15, -0.1) is 24.0 Å². The Hall–Kier alpha value is 0.270. The van der Waals surface area contributed by atoms with E-state index in [0.29, 0.717) is 5.92 Å². The van der Waals surface area contributed by atoms with Crippen molar-refractivity contribution < 1.29 is 0 Å². The fourth-order valence-corrected chi connectivity index (χ4v) is 4.96. The summed E-state index contributed by atoms with van der Waals surface area (Å²) in [4.78, 5) is 12.2. The molecule has 0 aromatic heterocycles. The van der Waals surface area contributed by atoms with Crippen molar-refractivity contribution in [2.75, 3.05) is 71.7 Å². The van der Waals surface area contributed by atoms with Crippen LogP contribution in [0.2, 0.25) is 0 Å². The van der Waals surface area contributed by atoms with Gasteiger partial charge in [0.1, 0.15) is 0 Å².